The van der Waals surface area contributed by atoms with Crippen LogP contribution in [0.25, 0.3) is 11.1 Å². The highest BCUT2D eigenvalue weighted by atomic mass is 32.2. The summed E-state index contributed by atoms with van der Waals surface area (Å²) in [5.41, 5.74) is 0.707. The van der Waals surface area contributed by atoms with E-state index in [0.29, 0.717) is 18.5 Å². The van der Waals surface area contributed by atoms with Gasteiger partial charge in [0.05, 0.1) is 10.4 Å². The molecule has 1 aromatic heterocycles. The quantitative estimate of drug-likeness (QED) is 0.846. The van der Waals surface area contributed by atoms with Gasteiger partial charge in [-0.1, -0.05) is 6.92 Å². The lowest BCUT2D eigenvalue weighted by molar-refractivity contribution is 0.553. The summed E-state index contributed by atoms with van der Waals surface area (Å²) in [6.07, 6.45) is 0.709. The lowest BCUT2D eigenvalue weighted by atomic mass is 10.3. The van der Waals surface area contributed by atoms with Crippen LogP contribution in [0, 0.1) is 0 Å². The fourth-order valence-electron chi connectivity index (χ4n) is 1.41. The zero-order chi connectivity index (χ0) is 12.5. The molecule has 0 saturated carbocycles. The van der Waals surface area contributed by atoms with E-state index in [0.717, 1.165) is 0 Å². The third-order valence-corrected chi connectivity index (χ3v) is 3.70. The molecular formula is C10H12N2O4S. The fraction of sp³-hybridized carbons (Fsp3) is 0.300. The first-order valence-electron chi connectivity index (χ1n) is 5.15. The molecule has 17 heavy (non-hydrogen) atoms. The van der Waals surface area contributed by atoms with E-state index in [-0.39, 0.29) is 10.5 Å². The minimum Gasteiger partial charge on any atom is -0.408 e. The number of sulfonamides is 1. The highest BCUT2D eigenvalue weighted by molar-refractivity contribution is 7.89. The van der Waals surface area contributed by atoms with Crippen molar-refractivity contribution in [2.45, 2.75) is 18.2 Å². The van der Waals surface area contributed by atoms with Gasteiger partial charge in [-0.15, -0.1) is 0 Å². The average molecular weight is 256 g/mol. The molecule has 0 radical (unpaired) electrons. The minimum absolute atomic E-state index is 0.0844. The molecule has 0 aliphatic carbocycles. The highest BCUT2D eigenvalue weighted by Gasteiger charge is 2.14. The van der Waals surface area contributed by atoms with Gasteiger partial charge in [-0.2, -0.15) is 0 Å². The number of hydrogen-bond donors (Lipinski definition) is 2. The number of rotatable bonds is 4. The van der Waals surface area contributed by atoms with E-state index in [9.17, 15) is 13.2 Å². The van der Waals surface area contributed by atoms with E-state index in [2.05, 4.69) is 9.71 Å². The number of oxazole rings is 1. The highest BCUT2D eigenvalue weighted by Crippen LogP contribution is 2.16. The summed E-state index contributed by atoms with van der Waals surface area (Å²) in [5.74, 6) is -0.601. The lowest BCUT2D eigenvalue weighted by Crippen LogP contribution is -2.24. The van der Waals surface area contributed by atoms with Gasteiger partial charge in [-0.25, -0.2) is 17.9 Å². The van der Waals surface area contributed by atoms with Crippen molar-refractivity contribution in [1.29, 1.82) is 0 Å². The second-order valence-corrected chi connectivity index (χ2v) is 5.34. The maximum Gasteiger partial charge on any atom is 0.417 e. The Hall–Kier alpha value is -1.60. The van der Waals surface area contributed by atoms with Crippen molar-refractivity contribution in [3.63, 3.8) is 0 Å². The molecule has 0 aliphatic heterocycles. The smallest absolute Gasteiger partial charge is 0.408 e. The summed E-state index contributed by atoms with van der Waals surface area (Å²) < 4.78 is 30.8. The van der Waals surface area contributed by atoms with Crippen molar-refractivity contribution in [2.75, 3.05) is 6.54 Å². The van der Waals surface area contributed by atoms with Crippen LogP contribution in [0.3, 0.4) is 0 Å². The van der Waals surface area contributed by atoms with Crippen LogP contribution in [0.1, 0.15) is 13.3 Å². The molecule has 1 heterocycles. The van der Waals surface area contributed by atoms with Crippen molar-refractivity contribution in [1.82, 2.24) is 9.71 Å². The maximum absolute atomic E-state index is 11.8. The predicted octanol–water partition coefficient (Wildman–Crippen LogP) is 0.809. The van der Waals surface area contributed by atoms with Crippen LogP contribution in [-0.4, -0.2) is 19.9 Å². The Bertz CT molecular complexity index is 684. The van der Waals surface area contributed by atoms with E-state index in [1.165, 1.54) is 18.2 Å². The van der Waals surface area contributed by atoms with Crippen molar-refractivity contribution in [2.24, 2.45) is 0 Å². The molecular weight excluding hydrogens is 244 g/mol. The van der Waals surface area contributed by atoms with Gasteiger partial charge in [0, 0.05) is 12.6 Å². The van der Waals surface area contributed by atoms with Gasteiger partial charge >= 0.3 is 5.76 Å². The summed E-state index contributed by atoms with van der Waals surface area (Å²) in [4.78, 5) is 13.5. The van der Waals surface area contributed by atoms with Gasteiger partial charge in [-0.3, -0.25) is 4.98 Å². The standard InChI is InChI=1S/C10H12N2O4S/c1-2-5-11-17(14,15)7-3-4-8-9(6-7)16-10(13)12-8/h3-4,6,11H,2,5H2,1H3,(H,12,13). The molecule has 1 aromatic carbocycles. The molecule has 2 aromatic rings. The molecule has 92 valence electrons. The normalized spacial score (nSPS) is 12.1. The molecule has 2 N–H and O–H groups in total. The summed E-state index contributed by atoms with van der Waals surface area (Å²) >= 11 is 0. The number of nitrogens with one attached hydrogen (secondary N) is 2. The Morgan fingerprint density at radius 1 is 1.41 bits per heavy atom. The van der Waals surface area contributed by atoms with Gasteiger partial charge in [0.1, 0.15) is 0 Å². The second-order valence-electron chi connectivity index (χ2n) is 3.57. The first-order chi connectivity index (χ1) is 8.03. The first-order valence-corrected chi connectivity index (χ1v) is 6.64. The zero-order valence-electron chi connectivity index (χ0n) is 9.19. The monoisotopic (exact) mass is 256 g/mol. The van der Waals surface area contributed by atoms with Gasteiger partial charge < -0.3 is 4.42 Å². The van der Waals surface area contributed by atoms with Crippen molar-refractivity contribution >= 4 is 21.1 Å². The molecule has 0 unspecified atom stereocenters. The summed E-state index contributed by atoms with van der Waals surface area (Å²) in [7, 11) is -3.53. The number of fused-ring (bicyclic) bond motifs is 1. The molecule has 0 fully saturated rings. The number of aromatic amines is 1. The largest absolute Gasteiger partial charge is 0.417 e. The predicted molar refractivity (Wildman–Crippen MR) is 62.3 cm³/mol. The van der Waals surface area contributed by atoms with Crippen LogP contribution >= 0.6 is 0 Å². The van der Waals surface area contributed by atoms with Crippen LogP contribution in [-0.2, 0) is 10.0 Å². The molecule has 0 atom stereocenters. The summed E-state index contributed by atoms with van der Waals surface area (Å²) in [6.45, 7) is 2.24. The molecule has 0 aliphatic rings. The Kier molecular flexibility index (Phi) is 3.03. The topological polar surface area (TPSA) is 92.2 Å². The van der Waals surface area contributed by atoms with Crippen molar-refractivity contribution in [3.8, 4) is 0 Å². The van der Waals surface area contributed by atoms with E-state index in [1.807, 2.05) is 6.92 Å². The Balaban J connectivity index is 2.45. The first kappa shape index (κ1) is 11.9. The van der Waals surface area contributed by atoms with E-state index >= 15 is 0 Å². The molecule has 7 heteroatoms. The molecule has 0 saturated heterocycles. The molecule has 2 rings (SSSR count). The molecule has 0 spiro atoms. The molecule has 0 bridgehead atoms. The van der Waals surface area contributed by atoms with Crippen molar-refractivity contribution < 1.29 is 12.8 Å². The van der Waals surface area contributed by atoms with Crippen LogP contribution in [0.2, 0.25) is 0 Å². The summed E-state index contributed by atoms with van der Waals surface area (Å²) in [6, 6.07) is 4.25. The van der Waals surface area contributed by atoms with E-state index in [4.69, 9.17) is 4.42 Å². The second kappa shape index (κ2) is 4.34. The van der Waals surface area contributed by atoms with Gasteiger partial charge in [0.25, 0.3) is 0 Å². The van der Waals surface area contributed by atoms with E-state index in [1.54, 1.807) is 0 Å². The number of hydrogen-bond acceptors (Lipinski definition) is 4. The van der Waals surface area contributed by atoms with Gasteiger partial charge in [0.15, 0.2) is 5.58 Å². The Morgan fingerprint density at radius 2 is 2.18 bits per heavy atom. The number of benzene rings is 1. The molecule has 0 amide bonds. The van der Waals surface area contributed by atoms with Gasteiger partial charge in [0.2, 0.25) is 10.0 Å². The Labute approximate surface area is 97.7 Å². The average Bonchev–Trinajstić information content (AvgIpc) is 2.65. The van der Waals surface area contributed by atoms with Crippen LogP contribution in [0.4, 0.5) is 0 Å². The summed E-state index contributed by atoms with van der Waals surface area (Å²) in [5, 5.41) is 0. The number of H-pyrrole nitrogens is 1. The van der Waals surface area contributed by atoms with Gasteiger partial charge in [-0.05, 0) is 18.6 Å². The third kappa shape index (κ3) is 2.40. The number of aromatic nitrogens is 1. The fourth-order valence-corrected chi connectivity index (χ4v) is 2.56. The van der Waals surface area contributed by atoms with E-state index < -0.39 is 15.8 Å². The zero-order valence-corrected chi connectivity index (χ0v) is 10.0. The van der Waals surface area contributed by atoms with Crippen molar-refractivity contribution in [3.05, 3.63) is 28.7 Å². The van der Waals surface area contributed by atoms with Crippen LogP contribution in [0.15, 0.2) is 32.3 Å². The third-order valence-electron chi connectivity index (χ3n) is 2.24. The van der Waals surface area contributed by atoms with Crippen LogP contribution < -0.4 is 10.5 Å². The molecule has 6 nitrogen and oxygen atoms in total. The lowest BCUT2D eigenvalue weighted by Gasteiger charge is -2.04. The Morgan fingerprint density at radius 3 is 2.88 bits per heavy atom. The van der Waals surface area contributed by atoms with Crippen LogP contribution in [0.5, 0.6) is 0 Å². The SMILES string of the molecule is CCCNS(=O)(=O)c1ccc2[nH]c(=O)oc2c1. The maximum atomic E-state index is 11.8. The minimum atomic E-state index is -3.53.